The van der Waals surface area contributed by atoms with Crippen LogP contribution in [-0.4, -0.2) is 55.8 Å². The molecule has 3 amide bonds. The second-order valence-corrected chi connectivity index (χ2v) is 11.0. The standard InChI is InChI=1S/C25H30N4O5S/c1-2-3-16-35(33,34)28-14-12-18(13-15-28)24(31)26-20-10-8-19(9-11-20)25(32)29-17-23(30)27-21-6-4-5-7-22(21)29/h4-11,18H,2-3,12-17H2,1H3,(H,26,31)(H,27,30). The highest BCUT2D eigenvalue weighted by molar-refractivity contribution is 7.89. The van der Waals surface area contributed by atoms with Gasteiger partial charge in [-0.2, -0.15) is 0 Å². The first kappa shape index (κ1) is 24.9. The Bertz CT molecular complexity index is 1200. The predicted molar refractivity (Wildman–Crippen MR) is 135 cm³/mol. The molecular formula is C25H30N4O5S. The molecule has 2 aliphatic rings. The van der Waals surface area contributed by atoms with Gasteiger partial charge < -0.3 is 10.6 Å². The van der Waals surface area contributed by atoms with E-state index in [0.29, 0.717) is 55.0 Å². The van der Waals surface area contributed by atoms with E-state index in [4.69, 9.17) is 0 Å². The molecule has 0 atom stereocenters. The van der Waals surface area contributed by atoms with Gasteiger partial charge >= 0.3 is 0 Å². The number of unbranched alkanes of at least 4 members (excludes halogenated alkanes) is 1. The van der Waals surface area contributed by atoms with Gasteiger partial charge in [-0.1, -0.05) is 25.5 Å². The van der Waals surface area contributed by atoms with Gasteiger partial charge in [-0.15, -0.1) is 0 Å². The van der Waals surface area contributed by atoms with Crippen molar-refractivity contribution in [3.8, 4) is 0 Å². The van der Waals surface area contributed by atoms with E-state index >= 15 is 0 Å². The molecule has 9 nitrogen and oxygen atoms in total. The highest BCUT2D eigenvalue weighted by atomic mass is 32.2. The average molecular weight is 499 g/mol. The molecule has 4 rings (SSSR count). The number of rotatable bonds is 7. The van der Waals surface area contributed by atoms with E-state index < -0.39 is 10.0 Å². The number of fused-ring (bicyclic) bond motifs is 1. The van der Waals surface area contributed by atoms with Gasteiger partial charge in [-0.3, -0.25) is 19.3 Å². The van der Waals surface area contributed by atoms with E-state index in [-0.39, 0.29) is 35.9 Å². The molecule has 35 heavy (non-hydrogen) atoms. The molecule has 1 fully saturated rings. The third-order valence-corrected chi connectivity index (χ3v) is 8.35. The number of nitrogens with one attached hydrogen (secondary N) is 2. The van der Waals surface area contributed by atoms with Gasteiger partial charge in [0.05, 0.1) is 17.1 Å². The minimum atomic E-state index is -3.26. The SMILES string of the molecule is CCCCS(=O)(=O)N1CCC(C(=O)Nc2ccc(C(=O)N3CC(=O)Nc4ccccc43)cc2)CC1. The van der Waals surface area contributed by atoms with Crippen LogP contribution in [0.1, 0.15) is 43.0 Å². The lowest BCUT2D eigenvalue weighted by Gasteiger charge is -2.30. The number of carbonyl (C=O) groups is 3. The second kappa shape index (κ2) is 10.6. The Morgan fingerprint density at radius 1 is 1.06 bits per heavy atom. The first-order chi connectivity index (χ1) is 16.8. The van der Waals surface area contributed by atoms with Crippen LogP contribution in [0, 0.1) is 5.92 Å². The Hall–Kier alpha value is -3.24. The molecule has 2 aromatic rings. The number of nitrogens with zero attached hydrogens (tertiary/aromatic N) is 2. The van der Waals surface area contributed by atoms with Crippen molar-refractivity contribution in [3.63, 3.8) is 0 Å². The minimum absolute atomic E-state index is 0.0683. The Morgan fingerprint density at radius 2 is 1.74 bits per heavy atom. The molecule has 0 aromatic heterocycles. The second-order valence-electron chi connectivity index (χ2n) is 8.87. The van der Waals surface area contributed by atoms with Crippen molar-refractivity contribution in [1.82, 2.24) is 4.31 Å². The van der Waals surface area contributed by atoms with Gasteiger partial charge in [0.25, 0.3) is 5.91 Å². The molecular weight excluding hydrogens is 468 g/mol. The number of benzene rings is 2. The van der Waals surface area contributed by atoms with Gasteiger partial charge in [-0.25, -0.2) is 12.7 Å². The summed E-state index contributed by atoms with van der Waals surface area (Å²) < 4.78 is 26.2. The first-order valence-electron chi connectivity index (χ1n) is 11.9. The van der Waals surface area contributed by atoms with E-state index in [2.05, 4.69) is 10.6 Å². The summed E-state index contributed by atoms with van der Waals surface area (Å²) in [7, 11) is -3.26. The largest absolute Gasteiger partial charge is 0.326 e. The number of sulfonamides is 1. The van der Waals surface area contributed by atoms with E-state index in [1.165, 1.54) is 9.21 Å². The van der Waals surface area contributed by atoms with Crippen molar-refractivity contribution < 1.29 is 22.8 Å². The number of anilines is 3. The van der Waals surface area contributed by atoms with Gasteiger partial charge in [0.15, 0.2) is 0 Å². The van der Waals surface area contributed by atoms with Crippen molar-refractivity contribution in [2.24, 2.45) is 5.92 Å². The molecule has 10 heteroatoms. The summed E-state index contributed by atoms with van der Waals surface area (Å²) in [6.45, 7) is 2.59. The third-order valence-electron chi connectivity index (χ3n) is 6.39. The number of hydrogen-bond acceptors (Lipinski definition) is 5. The smallest absolute Gasteiger partial charge is 0.258 e. The minimum Gasteiger partial charge on any atom is -0.326 e. The number of piperidine rings is 1. The molecule has 2 heterocycles. The molecule has 0 radical (unpaired) electrons. The summed E-state index contributed by atoms with van der Waals surface area (Å²) in [6.07, 6.45) is 2.41. The summed E-state index contributed by atoms with van der Waals surface area (Å²) in [5.74, 6) is -0.834. The fourth-order valence-electron chi connectivity index (χ4n) is 4.36. The molecule has 186 valence electrons. The van der Waals surface area contributed by atoms with Crippen molar-refractivity contribution in [2.75, 3.05) is 40.9 Å². The Labute approximate surface area is 205 Å². The van der Waals surface area contributed by atoms with Crippen LogP contribution in [0.25, 0.3) is 0 Å². The molecule has 2 aromatic carbocycles. The summed E-state index contributed by atoms with van der Waals surface area (Å²) >= 11 is 0. The Balaban J connectivity index is 1.35. The molecule has 1 saturated heterocycles. The maximum atomic E-state index is 13.1. The lowest BCUT2D eigenvalue weighted by atomic mass is 9.97. The maximum absolute atomic E-state index is 13.1. The Kier molecular flexibility index (Phi) is 7.51. The zero-order chi connectivity index (χ0) is 25.0. The number of hydrogen-bond donors (Lipinski definition) is 2. The van der Waals surface area contributed by atoms with Crippen molar-refractivity contribution in [2.45, 2.75) is 32.6 Å². The number of carbonyl (C=O) groups excluding carboxylic acids is 3. The zero-order valence-electron chi connectivity index (χ0n) is 19.7. The van der Waals surface area contributed by atoms with Gasteiger partial charge in [0.2, 0.25) is 21.8 Å². The van der Waals surface area contributed by atoms with Crippen LogP contribution in [0.3, 0.4) is 0 Å². The summed E-state index contributed by atoms with van der Waals surface area (Å²) in [5, 5.41) is 5.63. The van der Waals surface area contributed by atoms with E-state index in [1.807, 2.05) is 6.92 Å². The molecule has 0 saturated carbocycles. The van der Waals surface area contributed by atoms with E-state index in [1.54, 1.807) is 48.5 Å². The quantitative estimate of drug-likeness (QED) is 0.609. The summed E-state index contributed by atoms with van der Waals surface area (Å²) in [4.78, 5) is 39.3. The van der Waals surface area contributed by atoms with Crippen LogP contribution in [0.2, 0.25) is 0 Å². The van der Waals surface area contributed by atoms with Gasteiger partial charge in [-0.05, 0) is 55.7 Å². The normalized spacial score (nSPS) is 16.9. The number of para-hydroxylation sites is 2. The monoisotopic (exact) mass is 498 g/mol. The molecule has 0 bridgehead atoms. The fraction of sp³-hybridized carbons (Fsp3) is 0.400. The molecule has 0 unspecified atom stereocenters. The first-order valence-corrected chi connectivity index (χ1v) is 13.5. The van der Waals surface area contributed by atoms with Crippen LogP contribution >= 0.6 is 0 Å². The van der Waals surface area contributed by atoms with Crippen LogP contribution in [0.4, 0.5) is 17.1 Å². The van der Waals surface area contributed by atoms with Crippen LogP contribution < -0.4 is 15.5 Å². The molecule has 0 spiro atoms. The Morgan fingerprint density at radius 3 is 2.43 bits per heavy atom. The van der Waals surface area contributed by atoms with E-state index in [0.717, 1.165) is 6.42 Å². The van der Waals surface area contributed by atoms with Crippen molar-refractivity contribution in [3.05, 3.63) is 54.1 Å². The predicted octanol–water partition coefficient (Wildman–Crippen LogP) is 3.07. The van der Waals surface area contributed by atoms with Gasteiger partial charge in [0.1, 0.15) is 6.54 Å². The molecule has 0 aliphatic carbocycles. The van der Waals surface area contributed by atoms with Crippen LogP contribution in [0.15, 0.2) is 48.5 Å². The van der Waals surface area contributed by atoms with Crippen molar-refractivity contribution in [1.29, 1.82) is 0 Å². The van der Waals surface area contributed by atoms with Crippen molar-refractivity contribution >= 4 is 44.8 Å². The number of amides is 3. The van der Waals surface area contributed by atoms with Crippen LogP contribution in [-0.2, 0) is 19.6 Å². The maximum Gasteiger partial charge on any atom is 0.258 e. The summed E-state index contributed by atoms with van der Waals surface area (Å²) in [5.41, 5.74) is 2.18. The molecule has 2 N–H and O–H groups in total. The van der Waals surface area contributed by atoms with Gasteiger partial charge in [0, 0.05) is 30.3 Å². The topological polar surface area (TPSA) is 116 Å². The third kappa shape index (κ3) is 5.71. The fourth-order valence-corrected chi connectivity index (χ4v) is 6.04. The highest BCUT2D eigenvalue weighted by Crippen LogP contribution is 2.30. The average Bonchev–Trinajstić information content (AvgIpc) is 2.87. The van der Waals surface area contributed by atoms with Crippen LogP contribution in [0.5, 0.6) is 0 Å². The molecule has 2 aliphatic heterocycles. The van der Waals surface area contributed by atoms with E-state index in [9.17, 15) is 22.8 Å². The lowest BCUT2D eigenvalue weighted by molar-refractivity contribution is -0.121. The summed E-state index contributed by atoms with van der Waals surface area (Å²) in [6, 6.07) is 13.7. The highest BCUT2D eigenvalue weighted by Gasteiger charge is 2.31. The lowest BCUT2D eigenvalue weighted by Crippen LogP contribution is -2.42. The zero-order valence-corrected chi connectivity index (χ0v) is 20.5.